The van der Waals surface area contributed by atoms with Crippen LogP contribution in [-0.2, 0) is 0 Å². The third kappa shape index (κ3) is 4.53. The summed E-state index contributed by atoms with van der Waals surface area (Å²) in [4.78, 5) is 28.9. The van der Waals surface area contributed by atoms with E-state index in [-0.39, 0.29) is 22.5 Å². The number of hydrogen-bond acceptors (Lipinski definition) is 3. The number of aromatic nitrogens is 1. The molecule has 1 heterocycles. The summed E-state index contributed by atoms with van der Waals surface area (Å²) in [7, 11) is 0. The highest BCUT2D eigenvalue weighted by molar-refractivity contribution is 9.10. The Bertz CT molecular complexity index is 1010. The molecule has 0 aliphatic rings. The van der Waals surface area contributed by atoms with Gasteiger partial charge in [-0.25, -0.2) is 4.98 Å². The Hall–Kier alpha value is -2.70. The van der Waals surface area contributed by atoms with Gasteiger partial charge in [-0.3, -0.25) is 9.59 Å². The summed E-state index contributed by atoms with van der Waals surface area (Å²) in [6, 6.07) is 15.8. The second kappa shape index (κ2) is 8.33. The van der Waals surface area contributed by atoms with Crippen LogP contribution in [0.15, 0.2) is 65.3 Å². The summed E-state index contributed by atoms with van der Waals surface area (Å²) in [6.07, 6.45) is 1.52. The third-order valence-electron chi connectivity index (χ3n) is 3.92. The smallest absolute Gasteiger partial charge is 0.258 e. The number of pyridine rings is 1. The molecule has 1 aromatic heterocycles. The van der Waals surface area contributed by atoms with Crippen molar-refractivity contribution >= 4 is 50.7 Å². The van der Waals surface area contributed by atoms with Crippen molar-refractivity contribution in [3.63, 3.8) is 0 Å². The molecule has 0 saturated carbocycles. The molecule has 2 amide bonds. The highest BCUT2D eigenvalue weighted by atomic mass is 79.9. The van der Waals surface area contributed by atoms with Crippen molar-refractivity contribution in [3.8, 4) is 0 Å². The zero-order chi connectivity index (χ0) is 19.4. The maximum absolute atomic E-state index is 12.6. The molecule has 0 bridgehead atoms. The lowest BCUT2D eigenvalue weighted by Gasteiger charge is -2.14. The van der Waals surface area contributed by atoms with Crippen LogP contribution in [0.4, 0.5) is 11.4 Å². The topological polar surface area (TPSA) is 71.1 Å². The Balaban J connectivity index is 1.81. The number of hydrogen-bond donors (Lipinski definition) is 2. The predicted octanol–water partition coefficient (Wildman–Crippen LogP) is 5.31. The highest BCUT2D eigenvalue weighted by Crippen LogP contribution is 2.26. The van der Waals surface area contributed by atoms with Crippen LogP contribution < -0.4 is 10.6 Å². The van der Waals surface area contributed by atoms with Crippen LogP contribution in [0.5, 0.6) is 0 Å². The second-order valence-corrected chi connectivity index (χ2v) is 7.02. The number of nitrogens with one attached hydrogen (secondary N) is 2. The second-order valence-electron chi connectivity index (χ2n) is 5.74. The van der Waals surface area contributed by atoms with E-state index >= 15 is 0 Å². The Kier molecular flexibility index (Phi) is 5.88. The van der Waals surface area contributed by atoms with E-state index in [1.807, 2.05) is 13.0 Å². The minimum Gasteiger partial charge on any atom is -0.322 e. The molecule has 0 fully saturated rings. The first-order valence-corrected chi connectivity index (χ1v) is 9.21. The van der Waals surface area contributed by atoms with Gasteiger partial charge >= 0.3 is 0 Å². The number of rotatable bonds is 4. The van der Waals surface area contributed by atoms with Gasteiger partial charge in [0, 0.05) is 27.6 Å². The van der Waals surface area contributed by atoms with Gasteiger partial charge in [0.2, 0.25) is 0 Å². The molecule has 0 radical (unpaired) electrons. The van der Waals surface area contributed by atoms with Crippen LogP contribution in [0, 0.1) is 6.92 Å². The molecule has 7 heteroatoms. The van der Waals surface area contributed by atoms with Gasteiger partial charge in [-0.05, 0) is 58.7 Å². The van der Waals surface area contributed by atoms with Crippen molar-refractivity contribution in [1.82, 2.24) is 4.98 Å². The fourth-order valence-electron chi connectivity index (χ4n) is 2.46. The van der Waals surface area contributed by atoms with E-state index < -0.39 is 0 Å². The van der Waals surface area contributed by atoms with Gasteiger partial charge in [-0.2, -0.15) is 0 Å². The number of benzene rings is 2. The maximum atomic E-state index is 12.6. The van der Waals surface area contributed by atoms with Gasteiger partial charge in [-0.15, -0.1) is 0 Å². The summed E-state index contributed by atoms with van der Waals surface area (Å²) >= 11 is 9.29. The fourth-order valence-corrected chi connectivity index (χ4v) is 2.98. The molecule has 3 aromatic rings. The number of anilines is 2. The van der Waals surface area contributed by atoms with E-state index in [2.05, 4.69) is 31.5 Å². The van der Waals surface area contributed by atoms with Gasteiger partial charge < -0.3 is 10.6 Å². The average Bonchev–Trinajstić information content (AvgIpc) is 2.67. The van der Waals surface area contributed by atoms with Gasteiger partial charge in [0.25, 0.3) is 11.8 Å². The van der Waals surface area contributed by atoms with E-state index in [1.165, 1.54) is 6.20 Å². The van der Waals surface area contributed by atoms with Crippen LogP contribution in [0.1, 0.15) is 26.3 Å². The minimum atomic E-state index is -0.386. The number of nitrogens with zero attached hydrogens (tertiary/aromatic N) is 1. The molecule has 0 saturated heterocycles. The summed E-state index contributed by atoms with van der Waals surface area (Å²) in [6.45, 7) is 1.82. The minimum absolute atomic E-state index is 0.113. The summed E-state index contributed by atoms with van der Waals surface area (Å²) < 4.78 is 0.651. The van der Waals surface area contributed by atoms with Gasteiger partial charge in [-0.1, -0.05) is 35.9 Å². The Morgan fingerprint density at radius 2 is 1.59 bits per heavy atom. The van der Waals surface area contributed by atoms with E-state index in [0.29, 0.717) is 21.4 Å². The van der Waals surface area contributed by atoms with Crippen molar-refractivity contribution < 1.29 is 9.59 Å². The molecule has 5 nitrogen and oxygen atoms in total. The molecular formula is C20H15BrClN3O2. The lowest BCUT2D eigenvalue weighted by Crippen LogP contribution is -2.16. The van der Waals surface area contributed by atoms with Gasteiger partial charge in [0.05, 0.1) is 5.56 Å². The molecular weight excluding hydrogens is 430 g/mol. The van der Waals surface area contributed by atoms with Crippen LogP contribution in [0.3, 0.4) is 0 Å². The first-order valence-electron chi connectivity index (χ1n) is 8.04. The van der Waals surface area contributed by atoms with E-state index in [4.69, 9.17) is 11.6 Å². The molecule has 0 aliphatic heterocycles. The highest BCUT2D eigenvalue weighted by Gasteiger charge is 2.15. The monoisotopic (exact) mass is 443 g/mol. The number of amides is 2. The molecule has 27 heavy (non-hydrogen) atoms. The molecule has 2 aromatic carbocycles. The molecule has 136 valence electrons. The van der Waals surface area contributed by atoms with Crippen molar-refractivity contribution in [2.75, 3.05) is 10.6 Å². The normalized spacial score (nSPS) is 10.3. The quantitative estimate of drug-likeness (QED) is 0.536. The molecule has 0 aliphatic carbocycles. The fraction of sp³-hybridized carbons (Fsp3) is 0.0500. The standard InChI is InChI=1S/C20H15BrClN3O2/c1-12-16(24-19(26)13-6-3-2-4-7-13)8-5-9-17(12)25-20(27)15-10-14(21)11-23-18(15)22/h2-11H,1H3,(H,24,26)(H,25,27). The van der Waals surface area contributed by atoms with Crippen LogP contribution in [0.25, 0.3) is 0 Å². The molecule has 0 unspecified atom stereocenters. The van der Waals surface area contributed by atoms with Crippen molar-refractivity contribution in [2.45, 2.75) is 6.92 Å². The molecule has 0 spiro atoms. The zero-order valence-corrected chi connectivity index (χ0v) is 16.6. The van der Waals surface area contributed by atoms with Crippen LogP contribution >= 0.6 is 27.5 Å². The van der Waals surface area contributed by atoms with Crippen molar-refractivity contribution in [2.24, 2.45) is 0 Å². The van der Waals surface area contributed by atoms with Crippen LogP contribution in [0.2, 0.25) is 5.15 Å². The van der Waals surface area contributed by atoms with E-state index in [0.717, 1.165) is 5.56 Å². The molecule has 3 rings (SSSR count). The first kappa shape index (κ1) is 19.1. The lowest BCUT2D eigenvalue weighted by atomic mass is 10.1. The average molecular weight is 445 g/mol. The zero-order valence-electron chi connectivity index (χ0n) is 14.3. The lowest BCUT2D eigenvalue weighted by molar-refractivity contribution is 0.101. The molecule has 0 atom stereocenters. The number of carbonyl (C=O) groups is 2. The van der Waals surface area contributed by atoms with Crippen LogP contribution in [-0.4, -0.2) is 16.8 Å². The molecule has 2 N–H and O–H groups in total. The SMILES string of the molecule is Cc1c(NC(=O)c2ccccc2)cccc1NC(=O)c1cc(Br)cnc1Cl. The van der Waals surface area contributed by atoms with Gasteiger partial charge in [0.1, 0.15) is 5.15 Å². The summed E-state index contributed by atoms with van der Waals surface area (Å²) in [5.41, 5.74) is 2.72. The number of carbonyl (C=O) groups excluding carboxylic acids is 2. The van der Waals surface area contributed by atoms with Crippen molar-refractivity contribution in [1.29, 1.82) is 0 Å². The van der Waals surface area contributed by atoms with E-state index in [1.54, 1.807) is 48.5 Å². The third-order valence-corrected chi connectivity index (χ3v) is 4.65. The predicted molar refractivity (Wildman–Crippen MR) is 110 cm³/mol. The van der Waals surface area contributed by atoms with E-state index in [9.17, 15) is 9.59 Å². The summed E-state index contributed by atoms with van der Waals surface area (Å²) in [5, 5.41) is 5.79. The Morgan fingerprint density at radius 3 is 2.26 bits per heavy atom. The van der Waals surface area contributed by atoms with Crippen molar-refractivity contribution in [3.05, 3.63) is 87.1 Å². The largest absolute Gasteiger partial charge is 0.322 e. The Labute approximate surface area is 169 Å². The maximum Gasteiger partial charge on any atom is 0.258 e. The Morgan fingerprint density at radius 1 is 0.963 bits per heavy atom. The van der Waals surface area contributed by atoms with Gasteiger partial charge in [0.15, 0.2) is 0 Å². The summed E-state index contributed by atoms with van der Waals surface area (Å²) in [5.74, 6) is -0.607. The number of halogens is 2. The first-order chi connectivity index (χ1) is 13.0.